The zero-order valence-electron chi connectivity index (χ0n) is 21.5. The molecule has 1 saturated carbocycles. The van der Waals surface area contributed by atoms with E-state index in [4.69, 9.17) is 4.74 Å². The van der Waals surface area contributed by atoms with Gasteiger partial charge < -0.3 is 19.4 Å². The fourth-order valence-corrected chi connectivity index (χ4v) is 6.23. The fraction of sp³-hybridized carbons (Fsp3) is 0.552. The summed E-state index contributed by atoms with van der Waals surface area (Å²) in [4.78, 5) is 13.7. The first-order chi connectivity index (χ1) is 17.9. The predicted molar refractivity (Wildman–Crippen MR) is 130 cm³/mol. The number of rotatable bonds is 7. The van der Waals surface area contributed by atoms with Crippen LogP contribution in [0.25, 0.3) is 0 Å². The summed E-state index contributed by atoms with van der Waals surface area (Å²) < 4.78 is 63.5. The Morgan fingerprint density at radius 1 is 1.11 bits per heavy atom. The molecule has 0 N–H and O–H groups in total. The van der Waals surface area contributed by atoms with Crippen molar-refractivity contribution in [3.05, 3.63) is 58.9 Å². The van der Waals surface area contributed by atoms with E-state index in [1.807, 2.05) is 23.1 Å². The molecule has 2 fully saturated rings. The number of carbonyl (C=O) groups excluding carboxylic acids is 1. The highest BCUT2D eigenvalue weighted by atomic mass is 19.4. The SMILES string of the molecule is C[C@H](C(=O)[O-])[C@H](c1ccc2c(c1)OC1(CC2)CCN([C@@H](C)c2cc(F)ccc2OC(F)(F)F)CC1)C1CC1. The second-order valence-electron chi connectivity index (χ2n) is 11.1. The van der Waals surface area contributed by atoms with Gasteiger partial charge in [-0.2, -0.15) is 0 Å². The Hall–Kier alpha value is -2.81. The van der Waals surface area contributed by atoms with Crippen LogP contribution in [0.5, 0.6) is 11.5 Å². The van der Waals surface area contributed by atoms with Gasteiger partial charge in [-0.05, 0) is 92.7 Å². The smallest absolute Gasteiger partial charge is 0.550 e. The van der Waals surface area contributed by atoms with Crippen LogP contribution in [0.3, 0.4) is 0 Å². The van der Waals surface area contributed by atoms with Crippen LogP contribution in [0.1, 0.15) is 74.6 Å². The Bertz CT molecular complexity index is 1190. The van der Waals surface area contributed by atoms with Crippen molar-refractivity contribution >= 4 is 5.97 Å². The number of aryl methyl sites for hydroxylation is 1. The number of nitrogens with zero attached hydrogens (tertiary/aromatic N) is 1. The molecular weight excluding hydrogens is 502 g/mol. The summed E-state index contributed by atoms with van der Waals surface area (Å²) in [5.74, 6) is -1.60. The van der Waals surface area contributed by atoms with Crippen molar-refractivity contribution < 1.29 is 36.9 Å². The number of aliphatic carboxylic acids is 1. The molecular formula is C29H32F4NO4-. The van der Waals surface area contributed by atoms with Crippen molar-refractivity contribution in [2.24, 2.45) is 11.8 Å². The molecule has 1 aliphatic carbocycles. The summed E-state index contributed by atoms with van der Waals surface area (Å²) >= 11 is 0. The number of piperidine rings is 1. The van der Waals surface area contributed by atoms with Crippen LogP contribution >= 0.6 is 0 Å². The van der Waals surface area contributed by atoms with E-state index in [1.165, 1.54) is 0 Å². The largest absolute Gasteiger partial charge is 0.573 e. The zero-order valence-corrected chi connectivity index (χ0v) is 21.5. The summed E-state index contributed by atoms with van der Waals surface area (Å²) in [7, 11) is 0. The molecule has 5 nitrogen and oxygen atoms in total. The lowest BCUT2D eigenvalue weighted by atomic mass is 9.80. The maximum absolute atomic E-state index is 14.0. The molecule has 2 heterocycles. The molecule has 0 radical (unpaired) electrons. The van der Waals surface area contributed by atoms with Crippen LogP contribution in [0.2, 0.25) is 0 Å². The number of carboxylic acid groups (broad SMARTS) is 1. The van der Waals surface area contributed by atoms with Gasteiger partial charge in [-0.3, -0.25) is 4.90 Å². The minimum atomic E-state index is -4.86. The molecule has 206 valence electrons. The maximum Gasteiger partial charge on any atom is 0.573 e. The van der Waals surface area contributed by atoms with Crippen LogP contribution in [0.4, 0.5) is 17.6 Å². The van der Waals surface area contributed by atoms with E-state index in [9.17, 15) is 27.5 Å². The van der Waals surface area contributed by atoms with E-state index >= 15 is 0 Å². The molecule has 0 aromatic heterocycles. The second-order valence-corrected chi connectivity index (χ2v) is 11.1. The molecule has 0 unspecified atom stereocenters. The lowest BCUT2D eigenvalue weighted by Crippen LogP contribution is -2.50. The van der Waals surface area contributed by atoms with Gasteiger partial charge in [0.1, 0.15) is 22.9 Å². The summed E-state index contributed by atoms with van der Waals surface area (Å²) in [6, 6.07) is 8.68. The number of halogens is 4. The minimum Gasteiger partial charge on any atom is -0.550 e. The van der Waals surface area contributed by atoms with Gasteiger partial charge in [0.15, 0.2) is 0 Å². The number of carboxylic acids is 1. The first-order valence-corrected chi connectivity index (χ1v) is 13.3. The van der Waals surface area contributed by atoms with E-state index in [2.05, 4.69) is 4.74 Å². The number of likely N-dealkylation sites (tertiary alicyclic amines) is 1. The number of hydrogen-bond donors (Lipinski definition) is 0. The van der Waals surface area contributed by atoms with Gasteiger partial charge in [0.2, 0.25) is 0 Å². The van der Waals surface area contributed by atoms with Crippen LogP contribution < -0.4 is 14.6 Å². The average Bonchev–Trinajstić information content (AvgIpc) is 3.69. The predicted octanol–water partition coefficient (Wildman–Crippen LogP) is 5.52. The standard InChI is InChI=1S/C29H33F4NO4/c1-17(27(35)36)26(20-4-5-20)21-6-3-19-9-10-28(37-25(19)15-21)11-13-34(14-12-28)18(2)23-16-22(30)7-8-24(23)38-29(31,32)33/h3,6-8,15-18,20,26H,4-5,9-14H2,1-2H3,(H,35,36)/p-1/t17-,18-,26-/m0/s1. The zero-order chi connectivity index (χ0) is 27.2. The first-order valence-electron chi connectivity index (χ1n) is 13.3. The van der Waals surface area contributed by atoms with Crippen LogP contribution in [-0.4, -0.2) is 35.9 Å². The molecule has 3 atom stereocenters. The third-order valence-corrected chi connectivity index (χ3v) is 8.60. The third kappa shape index (κ3) is 5.63. The van der Waals surface area contributed by atoms with Gasteiger partial charge in [-0.1, -0.05) is 19.1 Å². The highest BCUT2D eigenvalue weighted by Gasteiger charge is 2.42. The Labute approximate surface area is 219 Å². The molecule has 3 aliphatic rings. The van der Waals surface area contributed by atoms with E-state index in [1.54, 1.807) is 13.8 Å². The van der Waals surface area contributed by atoms with Crippen molar-refractivity contribution in [2.75, 3.05) is 13.1 Å². The lowest BCUT2D eigenvalue weighted by molar-refractivity contribution is -0.311. The Morgan fingerprint density at radius 2 is 1.82 bits per heavy atom. The normalized spacial score (nSPS) is 21.7. The van der Waals surface area contributed by atoms with Crippen molar-refractivity contribution in [1.82, 2.24) is 4.90 Å². The second kappa shape index (κ2) is 10.1. The first kappa shape index (κ1) is 26.8. The highest BCUT2D eigenvalue weighted by molar-refractivity contribution is 5.69. The molecule has 2 aliphatic heterocycles. The maximum atomic E-state index is 14.0. The van der Waals surface area contributed by atoms with Gasteiger partial charge in [-0.15, -0.1) is 13.2 Å². The van der Waals surface area contributed by atoms with Gasteiger partial charge in [-0.25, -0.2) is 4.39 Å². The molecule has 0 bridgehead atoms. The summed E-state index contributed by atoms with van der Waals surface area (Å²) in [5.41, 5.74) is 1.82. The number of fused-ring (bicyclic) bond motifs is 1. The van der Waals surface area contributed by atoms with Crippen LogP contribution in [0.15, 0.2) is 36.4 Å². The summed E-state index contributed by atoms with van der Waals surface area (Å²) in [5, 5.41) is 11.6. The lowest BCUT2D eigenvalue weighted by Gasteiger charge is -2.46. The molecule has 1 saturated heterocycles. The molecule has 0 amide bonds. The van der Waals surface area contributed by atoms with Crippen molar-refractivity contribution in [3.8, 4) is 11.5 Å². The van der Waals surface area contributed by atoms with Gasteiger partial charge in [0, 0.05) is 36.6 Å². The Balaban J connectivity index is 1.30. The topological polar surface area (TPSA) is 61.8 Å². The van der Waals surface area contributed by atoms with Gasteiger partial charge in [0.05, 0.1) is 0 Å². The molecule has 2 aromatic rings. The number of hydrogen-bond acceptors (Lipinski definition) is 5. The number of benzene rings is 2. The fourth-order valence-electron chi connectivity index (χ4n) is 6.23. The molecule has 38 heavy (non-hydrogen) atoms. The van der Waals surface area contributed by atoms with E-state index in [-0.39, 0.29) is 11.5 Å². The van der Waals surface area contributed by atoms with E-state index < -0.39 is 41.5 Å². The van der Waals surface area contributed by atoms with Crippen molar-refractivity contribution in [2.45, 2.75) is 76.3 Å². The van der Waals surface area contributed by atoms with Gasteiger partial charge >= 0.3 is 6.36 Å². The number of ether oxygens (including phenoxy) is 2. The third-order valence-electron chi connectivity index (χ3n) is 8.60. The summed E-state index contributed by atoms with van der Waals surface area (Å²) in [6.07, 6.45) is 0.172. The summed E-state index contributed by atoms with van der Waals surface area (Å²) in [6.45, 7) is 4.62. The minimum absolute atomic E-state index is 0.103. The molecule has 9 heteroatoms. The molecule has 2 aromatic carbocycles. The van der Waals surface area contributed by atoms with Crippen molar-refractivity contribution in [3.63, 3.8) is 0 Å². The van der Waals surface area contributed by atoms with Gasteiger partial charge in [0.25, 0.3) is 0 Å². The highest BCUT2D eigenvalue weighted by Crippen LogP contribution is 2.49. The Kier molecular flexibility index (Phi) is 7.09. The Morgan fingerprint density at radius 3 is 2.45 bits per heavy atom. The van der Waals surface area contributed by atoms with Crippen molar-refractivity contribution in [1.29, 1.82) is 0 Å². The quantitative estimate of drug-likeness (QED) is 0.438. The van der Waals surface area contributed by atoms with E-state index in [0.717, 1.165) is 60.8 Å². The van der Waals surface area contributed by atoms with Crippen LogP contribution in [-0.2, 0) is 11.2 Å². The number of alkyl halides is 3. The van der Waals surface area contributed by atoms with E-state index in [0.29, 0.717) is 31.8 Å². The molecule has 5 rings (SSSR count). The average molecular weight is 535 g/mol. The number of carbonyl (C=O) groups is 1. The van der Waals surface area contributed by atoms with Crippen LogP contribution in [0, 0.1) is 17.7 Å². The monoisotopic (exact) mass is 534 g/mol. The molecule has 1 spiro atoms.